The minimum Gasteiger partial charge on any atom is -0.872 e. The van der Waals surface area contributed by atoms with Crippen LogP contribution in [-0.4, -0.2) is 10.1 Å². The van der Waals surface area contributed by atoms with Crippen molar-refractivity contribution in [2.75, 3.05) is 0 Å². The second-order valence-corrected chi connectivity index (χ2v) is 8.15. The van der Waals surface area contributed by atoms with E-state index in [1.807, 2.05) is 72.9 Å². The minimum atomic E-state index is 0. The molecule has 6 rings (SSSR count). The van der Waals surface area contributed by atoms with Gasteiger partial charge in [-0.15, -0.1) is 0 Å². The van der Waals surface area contributed by atoms with Crippen molar-refractivity contribution in [3.63, 3.8) is 0 Å². The van der Waals surface area contributed by atoms with Crippen LogP contribution in [0, 0.1) is 0 Å². The summed E-state index contributed by atoms with van der Waals surface area (Å²) in [5.74, 6) is 0.130. The summed E-state index contributed by atoms with van der Waals surface area (Å²) in [4.78, 5) is 6.41. The molecule has 0 radical (unpaired) electrons. The molecule has 0 spiro atoms. The molecule has 2 N–H and O–H groups in total. The van der Waals surface area contributed by atoms with Crippen LogP contribution in [0.15, 0.2) is 97.2 Å². The van der Waals surface area contributed by atoms with Crippen LogP contribution in [0.1, 0.15) is 0 Å². The van der Waals surface area contributed by atoms with E-state index >= 15 is 0 Å². The van der Waals surface area contributed by atoms with Crippen molar-refractivity contribution in [1.29, 1.82) is 0 Å². The molecule has 6 aromatic rings. The van der Waals surface area contributed by atoms with Crippen molar-refractivity contribution in [2.45, 2.75) is 0 Å². The van der Waals surface area contributed by atoms with Crippen molar-refractivity contribution in [3.8, 4) is 22.1 Å². The first kappa shape index (κ1) is 21.4. The van der Waals surface area contributed by atoms with Crippen LogP contribution in [0.4, 0.5) is 0 Å². The van der Waals surface area contributed by atoms with Gasteiger partial charge >= 0.3 is 10.1 Å². The molecule has 2 heterocycles. The van der Waals surface area contributed by atoms with E-state index in [0.29, 0.717) is 0 Å². The largest absolute Gasteiger partial charge is 2.00 e. The fraction of sp³-hybridized carbons (Fsp3) is 0. The summed E-state index contributed by atoms with van der Waals surface area (Å²) < 4.78 is 1.17. The molecular weight excluding hydrogens is 413 g/mol. The van der Waals surface area contributed by atoms with E-state index in [2.05, 4.69) is 9.97 Å². The summed E-state index contributed by atoms with van der Waals surface area (Å²) in [6.07, 6.45) is 1.84. The number of pyridine rings is 1. The van der Waals surface area contributed by atoms with E-state index in [1.165, 1.54) is 4.70 Å². The Hall–Kier alpha value is -3.79. The third-order valence-corrected chi connectivity index (χ3v) is 6.22. The molecule has 150 valence electrons. The van der Waals surface area contributed by atoms with Crippen LogP contribution >= 0.6 is 11.3 Å². The van der Waals surface area contributed by atoms with Gasteiger partial charge in [0.15, 0.2) is 6.20 Å². The molecule has 0 aliphatic heterocycles. The van der Waals surface area contributed by atoms with Crippen molar-refractivity contribution >= 4 is 53.3 Å². The molecule has 4 aromatic carbocycles. The SMILES string of the molecule is [Be+2].[O-]c1cccc2ccc3ccc[nH+]c3c12.[O-]c1ccccc1-c1[nH+]c2ccccc2s1. The van der Waals surface area contributed by atoms with Gasteiger partial charge in [0, 0.05) is 28.5 Å². The van der Waals surface area contributed by atoms with Crippen LogP contribution < -0.4 is 20.2 Å². The third-order valence-electron chi connectivity index (χ3n) is 5.12. The molecule has 2 aromatic heterocycles. The Morgan fingerprint density at radius 1 is 0.656 bits per heavy atom. The minimum absolute atomic E-state index is 0. The van der Waals surface area contributed by atoms with Gasteiger partial charge < -0.3 is 10.2 Å². The smallest absolute Gasteiger partial charge is 0.872 e. The van der Waals surface area contributed by atoms with Crippen molar-refractivity contribution in [2.24, 2.45) is 0 Å². The maximum absolute atomic E-state index is 11.8. The molecule has 0 aliphatic rings. The van der Waals surface area contributed by atoms with E-state index in [1.54, 1.807) is 35.6 Å². The van der Waals surface area contributed by atoms with Gasteiger partial charge in [0.2, 0.25) is 11.0 Å². The summed E-state index contributed by atoms with van der Waals surface area (Å²) >= 11 is 1.61. The van der Waals surface area contributed by atoms with Gasteiger partial charge in [-0.1, -0.05) is 77.4 Å². The summed E-state index contributed by atoms with van der Waals surface area (Å²) in [5.41, 5.74) is 2.73. The number of benzene rings is 4. The van der Waals surface area contributed by atoms with E-state index in [-0.39, 0.29) is 21.6 Å². The van der Waals surface area contributed by atoms with Crippen molar-refractivity contribution in [1.82, 2.24) is 0 Å². The second kappa shape index (κ2) is 9.14. The van der Waals surface area contributed by atoms with Crippen LogP contribution in [0.5, 0.6) is 11.5 Å². The molecule has 0 saturated heterocycles. The first-order valence-corrected chi connectivity index (χ1v) is 10.7. The fourth-order valence-electron chi connectivity index (χ4n) is 3.63. The number of H-pyrrole nitrogens is 2. The standard InChI is InChI=1S/C13H9NOS.C13H9NO.Be/c15-11-7-3-1-5-9(11)13-14-10-6-2-4-8-12(10)16-13;15-11-5-1-3-9-6-7-10-4-2-8-14-13(10)12(9)11;/h1-8,15H;1-8,15H;/q;;+2. The quantitative estimate of drug-likeness (QED) is 0.292. The van der Waals surface area contributed by atoms with Crippen molar-refractivity contribution < 1.29 is 20.2 Å². The molecule has 32 heavy (non-hydrogen) atoms. The molecule has 6 heteroatoms. The number of fused-ring (bicyclic) bond motifs is 4. The van der Waals surface area contributed by atoms with E-state index in [4.69, 9.17) is 0 Å². The van der Waals surface area contributed by atoms with Gasteiger partial charge in [0.05, 0.1) is 0 Å². The molecule has 0 amide bonds. The number of nitrogens with one attached hydrogen (secondary N) is 2. The molecule has 0 unspecified atom stereocenters. The van der Waals surface area contributed by atoms with Gasteiger partial charge in [-0.25, -0.2) is 4.98 Å². The normalized spacial score (nSPS) is 10.5. The monoisotopic (exact) mass is 431 g/mol. The van der Waals surface area contributed by atoms with Crippen LogP contribution in [0.25, 0.3) is 42.5 Å². The summed E-state index contributed by atoms with van der Waals surface area (Å²) in [6.45, 7) is 0. The number of thiazole rings is 1. The molecule has 0 aliphatic carbocycles. The maximum Gasteiger partial charge on any atom is 2.00 e. The van der Waals surface area contributed by atoms with E-state index < -0.39 is 0 Å². The Morgan fingerprint density at radius 3 is 2.22 bits per heavy atom. The van der Waals surface area contributed by atoms with Gasteiger partial charge in [0.1, 0.15) is 4.70 Å². The Morgan fingerprint density at radius 2 is 1.38 bits per heavy atom. The zero-order valence-corrected chi connectivity index (χ0v) is 18.0. The zero-order chi connectivity index (χ0) is 21.2. The number of aromatic nitrogens is 2. The van der Waals surface area contributed by atoms with Gasteiger partial charge in [-0.3, -0.25) is 0 Å². The molecule has 0 bridgehead atoms. The zero-order valence-electron chi connectivity index (χ0n) is 17.2. The molecule has 0 saturated carbocycles. The van der Waals surface area contributed by atoms with Gasteiger partial charge in [-0.05, 0) is 29.7 Å². The summed E-state index contributed by atoms with van der Waals surface area (Å²) in [6, 6.07) is 28.4. The Balaban J connectivity index is 0.000000149. The predicted molar refractivity (Wildman–Crippen MR) is 126 cm³/mol. The first-order chi connectivity index (χ1) is 15.2. The van der Waals surface area contributed by atoms with Crippen LogP contribution in [-0.2, 0) is 0 Å². The number of hydrogen-bond donors (Lipinski definition) is 0. The molecule has 0 atom stereocenters. The molecular formula is C26H18BeN2O2S+2. The predicted octanol–water partition coefficient (Wildman–Crippen LogP) is 3.96. The average molecular weight is 432 g/mol. The van der Waals surface area contributed by atoms with Crippen LogP contribution in [0.3, 0.4) is 0 Å². The fourth-order valence-corrected chi connectivity index (χ4v) is 4.67. The Labute approximate surface area is 192 Å². The van der Waals surface area contributed by atoms with Crippen LogP contribution in [0.2, 0.25) is 0 Å². The van der Waals surface area contributed by atoms with E-state index in [0.717, 1.165) is 37.8 Å². The Kier molecular flexibility index (Phi) is 6.13. The summed E-state index contributed by atoms with van der Waals surface area (Å²) in [5, 5.41) is 27.2. The maximum atomic E-state index is 11.8. The molecule has 4 nitrogen and oxygen atoms in total. The molecule has 0 fully saturated rings. The third kappa shape index (κ3) is 4.04. The van der Waals surface area contributed by atoms with Gasteiger partial charge in [0.25, 0.3) is 5.01 Å². The average Bonchev–Trinajstić information content (AvgIpc) is 3.24. The second-order valence-electron chi connectivity index (χ2n) is 7.10. The topological polar surface area (TPSA) is 74.4 Å². The summed E-state index contributed by atoms with van der Waals surface area (Å²) in [7, 11) is 0. The number of rotatable bonds is 1. The van der Waals surface area contributed by atoms with Crippen molar-refractivity contribution in [3.05, 3.63) is 97.2 Å². The van der Waals surface area contributed by atoms with Gasteiger partial charge in [-0.2, -0.15) is 4.98 Å². The Bertz CT molecular complexity index is 1500. The first-order valence-electron chi connectivity index (χ1n) is 9.87. The number of aromatic amines is 2. The van der Waals surface area contributed by atoms with E-state index in [9.17, 15) is 10.2 Å². The number of para-hydroxylation sites is 2. The number of hydrogen-bond acceptors (Lipinski definition) is 3.